The summed E-state index contributed by atoms with van der Waals surface area (Å²) in [4.78, 5) is 4.64. The molecule has 3 aromatic rings. The Labute approximate surface area is 165 Å². The summed E-state index contributed by atoms with van der Waals surface area (Å²) in [5, 5.41) is 21.0. The van der Waals surface area contributed by atoms with Crippen molar-refractivity contribution >= 4 is 5.96 Å². The summed E-state index contributed by atoms with van der Waals surface area (Å²) in [6, 6.07) is 19.8. The molecular weight excluding hydrogens is 350 g/mol. The predicted octanol–water partition coefficient (Wildman–Crippen LogP) is 3.05. The predicted molar refractivity (Wildman–Crippen MR) is 112 cm³/mol. The number of rotatable bonds is 8. The first-order valence-corrected chi connectivity index (χ1v) is 9.60. The van der Waals surface area contributed by atoms with Crippen LogP contribution in [0.25, 0.3) is 5.69 Å². The van der Waals surface area contributed by atoms with Crippen LogP contribution in [-0.2, 0) is 6.54 Å². The Morgan fingerprint density at radius 2 is 1.86 bits per heavy atom. The van der Waals surface area contributed by atoms with Gasteiger partial charge in [-0.2, -0.15) is 5.10 Å². The van der Waals surface area contributed by atoms with Crippen molar-refractivity contribution in [2.24, 2.45) is 4.99 Å². The summed E-state index contributed by atoms with van der Waals surface area (Å²) in [7, 11) is 0. The van der Waals surface area contributed by atoms with E-state index in [1.165, 1.54) is 0 Å². The maximum absolute atomic E-state index is 10.3. The number of hydrogen-bond donors (Lipinski definition) is 3. The second-order valence-corrected chi connectivity index (χ2v) is 6.45. The van der Waals surface area contributed by atoms with Gasteiger partial charge < -0.3 is 15.7 Å². The highest BCUT2D eigenvalue weighted by molar-refractivity contribution is 5.79. The summed E-state index contributed by atoms with van der Waals surface area (Å²) >= 11 is 0. The number of aliphatic hydroxyl groups excluding tert-OH is 1. The van der Waals surface area contributed by atoms with Crippen molar-refractivity contribution in [2.45, 2.75) is 26.0 Å². The Hall–Kier alpha value is -3.12. The average Bonchev–Trinajstić information content (AvgIpc) is 3.28. The van der Waals surface area contributed by atoms with Gasteiger partial charge in [-0.15, -0.1) is 0 Å². The molecule has 1 heterocycles. The van der Waals surface area contributed by atoms with Gasteiger partial charge in [-0.3, -0.25) is 0 Å². The summed E-state index contributed by atoms with van der Waals surface area (Å²) < 4.78 is 1.83. The second kappa shape index (κ2) is 10.3. The first kappa shape index (κ1) is 19.6. The summed E-state index contributed by atoms with van der Waals surface area (Å²) in [6.07, 6.45) is 3.82. The second-order valence-electron chi connectivity index (χ2n) is 6.45. The molecule has 0 saturated heterocycles. The van der Waals surface area contributed by atoms with Gasteiger partial charge in [0.25, 0.3) is 0 Å². The van der Waals surface area contributed by atoms with Crippen molar-refractivity contribution in [3.63, 3.8) is 0 Å². The number of hydrogen-bond acceptors (Lipinski definition) is 3. The lowest BCUT2D eigenvalue weighted by Crippen LogP contribution is -2.38. The SMILES string of the molecule is CCNC(=NCc1ccc(-n2cccn2)cc1)NCCC(O)c1ccccc1. The lowest BCUT2D eigenvalue weighted by Gasteiger charge is -2.14. The fraction of sp³-hybridized carbons (Fsp3) is 0.273. The van der Waals surface area contributed by atoms with Crippen molar-refractivity contribution in [3.8, 4) is 5.69 Å². The Balaban J connectivity index is 1.52. The number of aliphatic hydroxyl groups is 1. The molecule has 0 saturated carbocycles. The van der Waals surface area contributed by atoms with E-state index in [0.717, 1.165) is 29.3 Å². The van der Waals surface area contributed by atoms with Crippen LogP contribution in [0.4, 0.5) is 0 Å². The van der Waals surface area contributed by atoms with E-state index in [-0.39, 0.29) is 0 Å². The van der Waals surface area contributed by atoms with Crippen LogP contribution in [0, 0.1) is 0 Å². The van der Waals surface area contributed by atoms with E-state index in [4.69, 9.17) is 0 Å². The van der Waals surface area contributed by atoms with E-state index in [2.05, 4.69) is 32.9 Å². The first-order chi connectivity index (χ1) is 13.8. The van der Waals surface area contributed by atoms with E-state index in [0.29, 0.717) is 19.5 Å². The molecule has 1 atom stereocenters. The van der Waals surface area contributed by atoms with Gasteiger partial charge in [0.2, 0.25) is 0 Å². The maximum atomic E-state index is 10.3. The van der Waals surface area contributed by atoms with Gasteiger partial charge in [0.05, 0.1) is 18.3 Å². The molecule has 146 valence electrons. The molecule has 0 aliphatic rings. The molecule has 1 aromatic heterocycles. The molecular formula is C22H27N5O. The molecule has 0 spiro atoms. The third kappa shape index (κ3) is 5.69. The van der Waals surface area contributed by atoms with E-state index in [1.54, 1.807) is 6.20 Å². The van der Waals surface area contributed by atoms with E-state index < -0.39 is 6.10 Å². The van der Waals surface area contributed by atoms with Gasteiger partial charge in [-0.05, 0) is 42.7 Å². The summed E-state index contributed by atoms with van der Waals surface area (Å²) in [6.45, 7) is 4.04. The van der Waals surface area contributed by atoms with E-state index in [1.807, 2.05) is 66.3 Å². The van der Waals surface area contributed by atoms with Gasteiger partial charge in [-0.1, -0.05) is 42.5 Å². The van der Waals surface area contributed by atoms with Crippen molar-refractivity contribution in [1.82, 2.24) is 20.4 Å². The number of nitrogens with zero attached hydrogens (tertiary/aromatic N) is 3. The van der Waals surface area contributed by atoms with E-state index in [9.17, 15) is 5.11 Å². The molecule has 0 fully saturated rings. The molecule has 0 aliphatic carbocycles. The van der Waals surface area contributed by atoms with Crippen molar-refractivity contribution < 1.29 is 5.11 Å². The van der Waals surface area contributed by atoms with Crippen LogP contribution in [0.2, 0.25) is 0 Å². The number of aliphatic imine (C=N–C) groups is 1. The third-order valence-electron chi connectivity index (χ3n) is 4.36. The van der Waals surface area contributed by atoms with E-state index >= 15 is 0 Å². The summed E-state index contributed by atoms with van der Waals surface area (Å²) in [5.74, 6) is 0.749. The third-order valence-corrected chi connectivity index (χ3v) is 4.36. The lowest BCUT2D eigenvalue weighted by atomic mass is 10.1. The Morgan fingerprint density at radius 3 is 2.54 bits per heavy atom. The maximum Gasteiger partial charge on any atom is 0.191 e. The Kier molecular flexibility index (Phi) is 7.21. The lowest BCUT2D eigenvalue weighted by molar-refractivity contribution is 0.168. The van der Waals surface area contributed by atoms with Gasteiger partial charge in [-0.25, -0.2) is 9.67 Å². The minimum atomic E-state index is -0.480. The highest BCUT2D eigenvalue weighted by atomic mass is 16.3. The van der Waals surface area contributed by atoms with Gasteiger partial charge in [0.15, 0.2) is 5.96 Å². The van der Waals surface area contributed by atoms with Crippen LogP contribution in [0.3, 0.4) is 0 Å². The molecule has 6 heteroatoms. The average molecular weight is 377 g/mol. The highest BCUT2D eigenvalue weighted by Crippen LogP contribution is 2.15. The van der Waals surface area contributed by atoms with Crippen LogP contribution < -0.4 is 10.6 Å². The standard InChI is InChI=1S/C22H27N5O/c1-2-23-22(24-15-13-21(28)19-7-4-3-5-8-19)25-17-18-9-11-20(12-10-18)27-16-6-14-26-27/h3-12,14,16,21,28H,2,13,15,17H2,1H3,(H2,23,24,25). The summed E-state index contributed by atoms with van der Waals surface area (Å²) in [5.41, 5.74) is 3.08. The fourth-order valence-electron chi connectivity index (χ4n) is 2.86. The number of guanidine groups is 1. The van der Waals surface area contributed by atoms with Crippen LogP contribution in [0.15, 0.2) is 78.0 Å². The first-order valence-electron chi connectivity index (χ1n) is 9.60. The molecule has 0 bridgehead atoms. The highest BCUT2D eigenvalue weighted by Gasteiger charge is 2.07. The Bertz CT molecular complexity index is 844. The minimum absolute atomic E-state index is 0.480. The quantitative estimate of drug-likeness (QED) is 0.417. The zero-order chi connectivity index (χ0) is 19.6. The molecule has 0 radical (unpaired) electrons. The van der Waals surface area contributed by atoms with Crippen molar-refractivity contribution in [1.29, 1.82) is 0 Å². The Morgan fingerprint density at radius 1 is 1.07 bits per heavy atom. The molecule has 1 unspecified atom stereocenters. The van der Waals surface area contributed by atoms with Crippen LogP contribution >= 0.6 is 0 Å². The molecule has 6 nitrogen and oxygen atoms in total. The van der Waals surface area contributed by atoms with Crippen molar-refractivity contribution in [2.75, 3.05) is 13.1 Å². The molecule has 0 aliphatic heterocycles. The molecule has 3 rings (SSSR count). The number of benzene rings is 2. The topological polar surface area (TPSA) is 74.5 Å². The largest absolute Gasteiger partial charge is 0.388 e. The van der Waals surface area contributed by atoms with Crippen molar-refractivity contribution in [3.05, 3.63) is 84.2 Å². The van der Waals surface area contributed by atoms with Crippen LogP contribution in [-0.4, -0.2) is 33.9 Å². The number of aromatic nitrogens is 2. The molecule has 28 heavy (non-hydrogen) atoms. The molecule has 3 N–H and O–H groups in total. The smallest absolute Gasteiger partial charge is 0.191 e. The monoisotopic (exact) mass is 377 g/mol. The zero-order valence-electron chi connectivity index (χ0n) is 16.1. The van der Waals surface area contributed by atoms with Crippen LogP contribution in [0.1, 0.15) is 30.6 Å². The van der Waals surface area contributed by atoms with Gasteiger partial charge >= 0.3 is 0 Å². The normalized spacial score (nSPS) is 12.6. The minimum Gasteiger partial charge on any atom is -0.388 e. The molecule has 2 aromatic carbocycles. The fourth-order valence-corrected chi connectivity index (χ4v) is 2.86. The number of nitrogens with one attached hydrogen (secondary N) is 2. The zero-order valence-corrected chi connectivity index (χ0v) is 16.1. The van der Waals surface area contributed by atoms with Gasteiger partial charge in [0.1, 0.15) is 0 Å². The molecule has 0 amide bonds. The van der Waals surface area contributed by atoms with Gasteiger partial charge in [0, 0.05) is 25.5 Å². The van der Waals surface area contributed by atoms with Crippen LogP contribution in [0.5, 0.6) is 0 Å².